The first-order chi connectivity index (χ1) is 12.8. The third kappa shape index (κ3) is 4.30. The summed E-state index contributed by atoms with van der Waals surface area (Å²) in [6, 6.07) is 12.1. The number of hydrogen-bond acceptors (Lipinski definition) is 5. The Morgan fingerprint density at radius 2 is 1.85 bits per heavy atom. The summed E-state index contributed by atoms with van der Waals surface area (Å²) in [5, 5.41) is 3.52. The number of benzene rings is 2. The first-order valence-electron chi connectivity index (χ1n) is 7.85. The van der Waals surface area contributed by atoms with E-state index >= 15 is 0 Å². The molecule has 0 bridgehead atoms. The molecule has 3 rings (SSSR count). The first kappa shape index (κ1) is 18.9. The zero-order valence-corrected chi connectivity index (χ0v) is 15.5. The molecule has 1 atom stereocenters. The average Bonchev–Trinajstić information content (AvgIpc) is 2.63. The highest BCUT2D eigenvalue weighted by Crippen LogP contribution is 2.21. The van der Waals surface area contributed by atoms with E-state index in [0.29, 0.717) is 15.7 Å². The van der Waals surface area contributed by atoms with Crippen LogP contribution in [-0.4, -0.2) is 18.0 Å². The van der Waals surface area contributed by atoms with E-state index in [-0.39, 0.29) is 16.7 Å². The van der Waals surface area contributed by atoms with E-state index in [0.717, 1.165) is 6.07 Å². The molecular weight excluding hydrogens is 393 g/mol. The maximum Gasteiger partial charge on any atom is 0.375 e. The van der Waals surface area contributed by atoms with Gasteiger partial charge in [0.15, 0.2) is 11.5 Å². The lowest BCUT2D eigenvalue weighted by Gasteiger charge is -2.14. The molecule has 0 radical (unpaired) electrons. The van der Waals surface area contributed by atoms with Crippen molar-refractivity contribution in [3.8, 4) is 0 Å². The van der Waals surface area contributed by atoms with Gasteiger partial charge >= 0.3 is 5.97 Å². The molecule has 1 N–H and O–H groups in total. The summed E-state index contributed by atoms with van der Waals surface area (Å²) in [5.74, 6) is -1.83. The number of carbonyl (C=O) groups excluding carboxylic acids is 2. The van der Waals surface area contributed by atoms with Crippen molar-refractivity contribution in [2.24, 2.45) is 0 Å². The van der Waals surface area contributed by atoms with E-state index in [2.05, 4.69) is 5.32 Å². The number of anilines is 1. The molecule has 0 fully saturated rings. The SMILES string of the molecule is C[C@H](OC(=O)c1cc(=O)c2cc(Cl)ccc2o1)C(=O)Nc1ccccc1Cl. The number of fused-ring (bicyclic) bond motifs is 1. The first-order valence-corrected chi connectivity index (χ1v) is 8.60. The Morgan fingerprint density at radius 1 is 1.11 bits per heavy atom. The Morgan fingerprint density at radius 3 is 2.59 bits per heavy atom. The van der Waals surface area contributed by atoms with Crippen molar-refractivity contribution in [3.63, 3.8) is 0 Å². The van der Waals surface area contributed by atoms with Crippen LogP contribution in [0.25, 0.3) is 11.0 Å². The molecule has 1 amide bonds. The highest BCUT2D eigenvalue weighted by Gasteiger charge is 2.22. The van der Waals surface area contributed by atoms with E-state index in [1.54, 1.807) is 24.3 Å². The van der Waals surface area contributed by atoms with Crippen molar-refractivity contribution in [2.75, 3.05) is 5.32 Å². The fraction of sp³-hybridized carbons (Fsp3) is 0.105. The summed E-state index contributed by atoms with van der Waals surface area (Å²) in [7, 11) is 0. The van der Waals surface area contributed by atoms with E-state index in [9.17, 15) is 14.4 Å². The molecule has 0 aliphatic carbocycles. The lowest BCUT2D eigenvalue weighted by molar-refractivity contribution is -0.123. The van der Waals surface area contributed by atoms with E-state index in [1.165, 1.54) is 25.1 Å². The number of hydrogen-bond donors (Lipinski definition) is 1. The Labute approximate surface area is 163 Å². The largest absolute Gasteiger partial charge is 0.449 e. The van der Waals surface area contributed by atoms with Gasteiger partial charge < -0.3 is 14.5 Å². The fourth-order valence-corrected chi connectivity index (χ4v) is 2.65. The average molecular weight is 406 g/mol. The Balaban J connectivity index is 1.75. The molecule has 1 aromatic heterocycles. The van der Waals surface area contributed by atoms with Crippen LogP contribution in [0.2, 0.25) is 10.0 Å². The van der Waals surface area contributed by atoms with Gasteiger partial charge in [-0.2, -0.15) is 0 Å². The van der Waals surface area contributed by atoms with Crippen LogP contribution in [0.4, 0.5) is 5.69 Å². The minimum Gasteiger partial charge on any atom is -0.449 e. The number of nitrogens with one attached hydrogen (secondary N) is 1. The van der Waals surface area contributed by atoms with Crippen molar-refractivity contribution in [3.05, 3.63) is 74.6 Å². The highest BCUT2D eigenvalue weighted by molar-refractivity contribution is 6.33. The van der Waals surface area contributed by atoms with Crippen molar-refractivity contribution < 1.29 is 18.7 Å². The van der Waals surface area contributed by atoms with Gasteiger partial charge in [-0.05, 0) is 37.3 Å². The predicted octanol–water partition coefficient (Wildman–Crippen LogP) is 4.28. The van der Waals surface area contributed by atoms with Crippen molar-refractivity contribution >= 4 is 51.7 Å². The van der Waals surface area contributed by atoms with E-state index in [1.807, 2.05) is 0 Å². The van der Waals surface area contributed by atoms with Crippen LogP contribution in [-0.2, 0) is 9.53 Å². The summed E-state index contributed by atoms with van der Waals surface area (Å²) in [6.45, 7) is 1.39. The summed E-state index contributed by atoms with van der Waals surface area (Å²) >= 11 is 11.8. The molecule has 0 saturated carbocycles. The van der Waals surface area contributed by atoms with Crippen LogP contribution in [0.15, 0.2) is 57.7 Å². The third-order valence-corrected chi connectivity index (χ3v) is 4.24. The van der Waals surface area contributed by atoms with Crippen molar-refractivity contribution in [1.82, 2.24) is 0 Å². The van der Waals surface area contributed by atoms with Gasteiger partial charge in [-0.1, -0.05) is 35.3 Å². The molecule has 8 heteroatoms. The summed E-state index contributed by atoms with van der Waals surface area (Å²) < 4.78 is 10.5. The molecule has 3 aromatic rings. The second-order valence-corrected chi connectivity index (χ2v) is 6.48. The number of esters is 1. The molecule has 27 heavy (non-hydrogen) atoms. The number of carbonyl (C=O) groups is 2. The Bertz CT molecular complexity index is 1090. The smallest absolute Gasteiger partial charge is 0.375 e. The van der Waals surface area contributed by atoms with E-state index in [4.69, 9.17) is 32.4 Å². The standard InChI is InChI=1S/C19H13Cl2NO5/c1-10(18(24)22-14-5-3-2-4-13(14)21)26-19(25)17-9-15(23)12-8-11(20)6-7-16(12)27-17/h2-10H,1H3,(H,22,24)/t10-/m0/s1. The number of amides is 1. The van der Waals surface area contributed by atoms with Crippen molar-refractivity contribution in [2.45, 2.75) is 13.0 Å². The van der Waals surface area contributed by atoms with Crippen LogP contribution in [0.5, 0.6) is 0 Å². The third-order valence-electron chi connectivity index (χ3n) is 3.68. The normalized spacial score (nSPS) is 11.8. The molecule has 0 aliphatic heterocycles. The van der Waals surface area contributed by atoms with Gasteiger partial charge in [-0.3, -0.25) is 9.59 Å². The van der Waals surface area contributed by atoms with Gasteiger partial charge in [0.05, 0.1) is 16.1 Å². The quantitative estimate of drug-likeness (QED) is 0.654. The summed E-state index contributed by atoms with van der Waals surface area (Å²) in [4.78, 5) is 36.6. The molecule has 0 aliphatic rings. The minimum absolute atomic E-state index is 0.187. The van der Waals surface area contributed by atoms with Crippen LogP contribution < -0.4 is 10.7 Å². The van der Waals surface area contributed by atoms with Crippen molar-refractivity contribution in [1.29, 1.82) is 0 Å². The van der Waals surface area contributed by atoms with Gasteiger partial charge in [-0.15, -0.1) is 0 Å². The second kappa shape index (κ2) is 7.82. The molecule has 138 valence electrons. The van der Waals surface area contributed by atoms with E-state index < -0.39 is 23.4 Å². The molecule has 0 spiro atoms. The maximum atomic E-state index is 12.3. The van der Waals surface area contributed by atoms with Crippen LogP contribution in [0.1, 0.15) is 17.5 Å². The van der Waals surface area contributed by atoms with Crippen LogP contribution in [0, 0.1) is 0 Å². The highest BCUT2D eigenvalue weighted by atomic mass is 35.5. The predicted molar refractivity (Wildman–Crippen MR) is 102 cm³/mol. The maximum absolute atomic E-state index is 12.3. The molecule has 6 nitrogen and oxygen atoms in total. The second-order valence-electron chi connectivity index (χ2n) is 5.63. The summed E-state index contributed by atoms with van der Waals surface area (Å²) in [5.41, 5.74) is 0.132. The zero-order chi connectivity index (χ0) is 19.6. The fourth-order valence-electron chi connectivity index (χ4n) is 2.30. The van der Waals surface area contributed by atoms with Gasteiger partial charge in [0.25, 0.3) is 5.91 Å². The molecule has 1 heterocycles. The Kier molecular flexibility index (Phi) is 5.48. The minimum atomic E-state index is -1.14. The Hall–Kier alpha value is -2.83. The lowest BCUT2D eigenvalue weighted by atomic mass is 10.2. The van der Waals surface area contributed by atoms with Gasteiger partial charge in [0.1, 0.15) is 5.58 Å². The number of halogens is 2. The number of rotatable bonds is 4. The topological polar surface area (TPSA) is 85.6 Å². The molecule has 2 aromatic carbocycles. The monoisotopic (exact) mass is 405 g/mol. The van der Waals surface area contributed by atoms with Gasteiger partial charge in [-0.25, -0.2) is 4.79 Å². The van der Waals surface area contributed by atoms with Crippen LogP contribution in [0.3, 0.4) is 0 Å². The summed E-state index contributed by atoms with van der Waals surface area (Å²) in [6.07, 6.45) is -1.14. The molecular formula is C19H13Cl2NO5. The zero-order valence-electron chi connectivity index (χ0n) is 14.0. The number of ether oxygens (including phenoxy) is 1. The molecule has 0 saturated heterocycles. The van der Waals surface area contributed by atoms with Gasteiger partial charge in [0.2, 0.25) is 5.76 Å². The number of para-hydroxylation sites is 1. The molecule has 0 unspecified atom stereocenters. The van der Waals surface area contributed by atoms with Crippen LogP contribution >= 0.6 is 23.2 Å². The van der Waals surface area contributed by atoms with Gasteiger partial charge in [0, 0.05) is 11.1 Å². The lowest BCUT2D eigenvalue weighted by Crippen LogP contribution is -2.30.